The average molecular weight is 412 g/mol. The van der Waals surface area contributed by atoms with Crippen molar-refractivity contribution in [2.45, 2.75) is 32.2 Å². The average Bonchev–Trinajstić information content (AvgIpc) is 2.71. The fourth-order valence-electron chi connectivity index (χ4n) is 3.67. The van der Waals surface area contributed by atoms with Crippen LogP contribution in [-0.4, -0.2) is 35.0 Å². The summed E-state index contributed by atoms with van der Waals surface area (Å²) in [5.74, 6) is 0. The van der Waals surface area contributed by atoms with Crippen molar-refractivity contribution < 1.29 is 23.8 Å². The molecule has 2 N–H and O–H groups in total. The van der Waals surface area contributed by atoms with Crippen LogP contribution >= 0.6 is 7.60 Å². The molecule has 0 aliphatic heterocycles. The normalized spacial score (nSPS) is 15.5. The molecule has 2 atom stereocenters. The first-order valence-corrected chi connectivity index (χ1v) is 11.4. The molecule has 0 aromatic heterocycles. The van der Waals surface area contributed by atoms with Crippen molar-refractivity contribution in [1.29, 1.82) is 0 Å². The van der Waals surface area contributed by atoms with Gasteiger partial charge in [0.15, 0.2) is 0 Å². The quantitative estimate of drug-likeness (QED) is 0.312. The molecule has 152 valence electrons. The molecule has 4 aromatic rings. The van der Waals surface area contributed by atoms with Crippen LogP contribution in [0.25, 0.3) is 32.3 Å². The second kappa shape index (κ2) is 8.02. The van der Waals surface area contributed by atoms with E-state index in [2.05, 4.69) is 48.5 Å². The van der Waals surface area contributed by atoms with Gasteiger partial charge in [0.2, 0.25) is 0 Å². The second-order valence-corrected chi connectivity index (χ2v) is 10.0. The number of ether oxygens (including phenoxy) is 1. The van der Waals surface area contributed by atoms with Crippen molar-refractivity contribution in [3.63, 3.8) is 0 Å². The molecule has 0 radical (unpaired) electrons. The van der Waals surface area contributed by atoms with Crippen molar-refractivity contribution in [2.75, 3.05) is 13.2 Å². The standard InChI is InChI=1S/C23H25O5P/c1-15(2)29(25,26)28-20(12-24)14-27-13-19-9-8-18-7-6-16-4-3-5-17-10-11-21(19)23(18)22(16)17/h3-11,15,20,24H,12-14H2,1-2H3,(H,25,26)/t20-/m1/s1. The van der Waals surface area contributed by atoms with Gasteiger partial charge in [0.1, 0.15) is 6.10 Å². The Labute approximate surface area is 169 Å². The molecule has 5 nitrogen and oxygen atoms in total. The van der Waals surface area contributed by atoms with Crippen molar-refractivity contribution in [2.24, 2.45) is 0 Å². The smallest absolute Gasteiger partial charge is 0.331 e. The predicted molar refractivity (Wildman–Crippen MR) is 117 cm³/mol. The summed E-state index contributed by atoms with van der Waals surface area (Å²) in [5, 5.41) is 16.7. The van der Waals surface area contributed by atoms with Crippen molar-refractivity contribution >= 4 is 39.9 Å². The summed E-state index contributed by atoms with van der Waals surface area (Å²) < 4.78 is 23.0. The lowest BCUT2D eigenvalue weighted by Gasteiger charge is -2.22. The fraction of sp³-hybridized carbons (Fsp3) is 0.304. The molecule has 29 heavy (non-hydrogen) atoms. The van der Waals surface area contributed by atoms with Crippen LogP contribution in [0.4, 0.5) is 0 Å². The zero-order valence-corrected chi connectivity index (χ0v) is 17.4. The second-order valence-electron chi connectivity index (χ2n) is 7.66. The zero-order valence-electron chi connectivity index (χ0n) is 16.5. The van der Waals surface area contributed by atoms with Crippen LogP contribution in [0.5, 0.6) is 0 Å². The van der Waals surface area contributed by atoms with E-state index in [9.17, 15) is 14.6 Å². The third-order valence-electron chi connectivity index (χ3n) is 5.34. The first-order chi connectivity index (χ1) is 13.9. The van der Waals surface area contributed by atoms with E-state index in [0.717, 1.165) is 10.9 Å². The van der Waals surface area contributed by atoms with Crippen LogP contribution in [0.15, 0.2) is 54.6 Å². The van der Waals surface area contributed by atoms with E-state index < -0.39 is 19.4 Å². The number of hydrogen-bond acceptors (Lipinski definition) is 4. The molecule has 0 spiro atoms. The van der Waals surface area contributed by atoms with Gasteiger partial charge in [0.25, 0.3) is 0 Å². The topological polar surface area (TPSA) is 76.0 Å². The van der Waals surface area contributed by atoms with Gasteiger partial charge in [0.05, 0.1) is 25.5 Å². The Morgan fingerprint density at radius 2 is 1.55 bits per heavy atom. The zero-order chi connectivity index (χ0) is 20.6. The van der Waals surface area contributed by atoms with E-state index in [-0.39, 0.29) is 13.2 Å². The van der Waals surface area contributed by atoms with E-state index in [4.69, 9.17) is 9.26 Å². The third-order valence-corrected chi connectivity index (χ3v) is 7.24. The minimum Gasteiger partial charge on any atom is -0.394 e. The van der Waals surface area contributed by atoms with E-state index in [1.54, 1.807) is 13.8 Å². The molecule has 0 aliphatic carbocycles. The molecule has 0 saturated heterocycles. The highest BCUT2D eigenvalue weighted by atomic mass is 31.2. The first kappa shape index (κ1) is 20.3. The van der Waals surface area contributed by atoms with Gasteiger partial charge in [0, 0.05) is 0 Å². The number of benzene rings is 4. The summed E-state index contributed by atoms with van der Waals surface area (Å²) >= 11 is 0. The molecule has 1 unspecified atom stereocenters. The minimum atomic E-state index is -3.77. The maximum Gasteiger partial charge on any atom is 0.331 e. The highest BCUT2D eigenvalue weighted by Gasteiger charge is 2.28. The highest BCUT2D eigenvalue weighted by molar-refractivity contribution is 7.53. The highest BCUT2D eigenvalue weighted by Crippen LogP contribution is 2.48. The summed E-state index contributed by atoms with van der Waals surface area (Å²) in [6.07, 6.45) is -0.840. The number of rotatable bonds is 8. The van der Waals surface area contributed by atoms with Gasteiger partial charge in [-0.25, -0.2) is 0 Å². The lowest BCUT2D eigenvalue weighted by molar-refractivity contribution is 0.00791. The summed E-state index contributed by atoms with van der Waals surface area (Å²) in [4.78, 5) is 9.87. The molecular weight excluding hydrogens is 387 g/mol. The van der Waals surface area contributed by atoms with E-state index in [1.165, 1.54) is 26.9 Å². The lowest BCUT2D eigenvalue weighted by atomic mass is 9.92. The van der Waals surface area contributed by atoms with Crippen molar-refractivity contribution in [3.8, 4) is 0 Å². The Morgan fingerprint density at radius 1 is 0.931 bits per heavy atom. The Hall–Kier alpha value is -2.01. The van der Waals surface area contributed by atoms with Gasteiger partial charge >= 0.3 is 7.60 Å². The molecule has 0 heterocycles. The Kier molecular flexibility index (Phi) is 5.60. The largest absolute Gasteiger partial charge is 0.394 e. The summed E-state index contributed by atoms with van der Waals surface area (Å²) in [7, 11) is -3.77. The maximum atomic E-state index is 12.1. The number of aliphatic hydroxyl groups is 1. The lowest BCUT2D eigenvalue weighted by Crippen LogP contribution is -2.24. The van der Waals surface area contributed by atoms with Gasteiger partial charge in [-0.05, 0) is 37.9 Å². The molecule has 4 rings (SSSR count). The molecule has 0 fully saturated rings. The summed E-state index contributed by atoms with van der Waals surface area (Å²) in [6, 6.07) is 19.0. The predicted octanol–water partition coefficient (Wildman–Crippen LogP) is 5.07. The Morgan fingerprint density at radius 3 is 2.21 bits per heavy atom. The van der Waals surface area contributed by atoms with Crippen molar-refractivity contribution in [1.82, 2.24) is 0 Å². The Bertz CT molecular complexity index is 1170. The van der Waals surface area contributed by atoms with Gasteiger partial charge in [-0.15, -0.1) is 0 Å². The van der Waals surface area contributed by atoms with Crippen molar-refractivity contribution in [3.05, 3.63) is 60.2 Å². The van der Waals surface area contributed by atoms with E-state index in [1.807, 2.05) is 6.07 Å². The number of hydrogen-bond donors (Lipinski definition) is 2. The van der Waals surface area contributed by atoms with Crippen LogP contribution < -0.4 is 0 Å². The van der Waals surface area contributed by atoms with Crippen LogP contribution in [0.1, 0.15) is 19.4 Å². The van der Waals surface area contributed by atoms with E-state index in [0.29, 0.717) is 6.61 Å². The number of aliphatic hydroxyl groups excluding tert-OH is 1. The summed E-state index contributed by atoms with van der Waals surface area (Å²) in [6.45, 7) is 3.21. The van der Waals surface area contributed by atoms with E-state index >= 15 is 0 Å². The molecule has 0 amide bonds. The third kappa shape index (κ3) is 3.89. The molecular formula is C23H25O5P. The molecule has 4 aromatic carbocycles. The van der Waals surface area contributed by atoms with Crippen LogP contribution in [-0.2, 0) is 20.4 Å². The fourth-order valence-corrected chi connectivity index (χ4v) is 4.47. The van der Waals surface area contributed by atoms with Gasteiger partial charge < -0.3 is 19.3 Å². The van der Waals surface area contributed by atoms with Crippen LogP contribution in [0.2, 0.25) is 0 Å². The van der Waals surface area contributed by atoms with Gasteiger partial charge in [-0.1, -0.05) is 68.4 Å². The molecule has 6 heteroatoms. The summed E-state index contributed by atoms with van der Waals surface area (Å²) in [5.41, 5.74) is 0.498. The molecule has 0 saturated carbocycles. The van der Waals surface area contributed by atoms with Crippen LogP contribution in [0.3, 0.4) is 0 Å². The minimum absolute atomic E-state index is 0.0374. The Balaban J connectivity index is 1.58. The molecule has 0 bridgehead atoms. The first-order valence-electron chi connectivity index (χ1n) is 9.75. The monoisotopic (exact) mass is 412 g/mol. The van der Waals surface area contributed by atoms with Gasteiger partial charge in [-0.3, -0.25) is 4.57 Å². The van der Waals surface area contributed by atoms with Gasteiger partial charge in [-0.2, -0.15) is 0 Å². The SMILES string of the molecule is CC(C)P(=O)(O)O[C@H](CO)COCc1ccc2ccc3cccc4ccc1c2c34. The van der Waals surface area contributed by atoms with Crippen LogP contribution in [0, 0.1) is 0 Å². The maximum absolute atomic E-state index is 12.1. The molecule has 0 aliphatic rings.